The molecule has 0 nitrogen and oxygen atoms in total. The molecule has 3 aromatic carbocycles. The summed E-state index contributed by atoms with van der Waals surface area (Å²) >= 11 is 1.89. The SMILES string of the molecule is CC(=C[S+]1c2ccccc2Sc2ccccc21)c1ccccc1.F[B-](F)(F)F. The molecule has 1 aliphatic rings. The zero-order valence-electron chi connectivity index (χ0n) is 15.0. The van der Waals surface area contributed by atoms with Crippen molar-refractivity contribution in [1.29, 1.82) is 0 Å². The van der Waals surface area contributed by atoms with E-state index in [0.29, 0.717) is 0 Å². The normalized spacial score (nSPS) is 13.8. The Kier molecular flexibility index (Phi) is 6.57. The Balaban J connectivity index is 0.000000403. The molecule has 4 rings (SSSR count). The highest BCUT2D eigenvalue weighted by Crippen LogP contribution is 2.46. The van der Waals surface area contributed by atoms with Gasteiger partial charge >= 0.3 is 7.25 Å². The van der Waals surface area contributed by atoms with Gasteiger partial charge in [0, 0.05) is 5.57 Å². The maximum atomic E-state index is 9.75. The summed E-state index contributed by atoms with van der Waals surface area (Å²) < 4.78 is 39.0. The van der Waals surface area contributed by atoms with Gasteiger partial charge in [0.25, 0.3) is 0 Å². The third-order valence-corrected chi connectivity index (χ3v) is 7.58. The van der Waals surface area contributed by atoms with E-state index in [2.05, 4.69) is 91.2 Å². The van der Waals surface area contributed by atoms with Crippen LogP contribution in [-0.4, -0.2) is 7.25 Å². The van der Waals surface area contributed by atoms with Gasteiger partial charge in [-0.2, -0.15) is 0 Å². The molecule has 28 heavy (non-hydrogen) atoms. The van der Waals surface area contributed by atoms with Crippen molar-refractivity contribution < 1.29 is 17.3 Å². The summed E-state index contributed by atoms with van der Waals surface area (Å²) in [5.41, 5.74) is 2.64. The number of hydrogen-bond acceptors (Lipinski definition) is 1. The second kappa shape index (κ2) is 8.92. The molecule has 0 atom stereocenters. The van der Waals surface area contributed by atoms with Crippen molar-refractivity contribution in [1.82, 2.24) is 0 Å². The van der Waals surface area contributed by atoms with Crippen molar-refractivity contribution in [3.63, 3.8) is 0 Å². The molecular formula is C21H17BF4S2. The van der Waals surface area contributed by atoms with Crippen molar-refractivity contribution >= 4 is 35.5 Å². The van der Waals surface area contributed by atoms with Crippen LogP contribution in [0.2, 0.25) is 0 Å². The van der Waals surface area contributed by atoms with Gasteiger partial charge in [-0.15, -0.1) is 0 Å². The number of rotatable bonds is 2. The third kappa shape index (κ3) is 5.46. The van der Waals surface area contributed by atoms with E-state index in [1.165, 1.54) is 30.7 Å². The molecule has 1 aliphatic heterocycles. The maximum absolute atomic E-state index is 9.75. The van der Waals surface area contributed by atoms with Crippen LogP contribution in [0, 0.1) is 0 Å². The predicted octanol–water partition coefficient (Wildman–Crippen LogP) is 7.55. The molecule has 144 valence electrons. The summed E-state index contributed by atoms with van der Waals surface area (Å²) in [7, 11) is -6.01. The molecule has 0 fully saturated rings. The first-order chi connectivity index (χ1) is 13.3. The van der Waals surface area contributed by atoms with Gasteiger partial charge in [-0.25, -0.2) is 0 Å². The predicted molar refractivity (Wildman–Crippen MR) is 111 cm³/mol. The fraction of sp³-hybridized carbons (Fsp3) is 0.0476. The summed E-state index contributed by atoms with van der Waals surface area (Å²) in [5, 5.41) is 2.44. The molecule has 0 aromatic heterocycles. The minimum atomic E-state index is -6.00. The summed E-state index contributed by atoms with van der Waals surface area (Å²) in [4.78, 5) is 5.64. The molecule has 0 aliphatic carbocycles. The Hall–Kier alpha value is -2.12. The Labute approximate surface area is 169 Å². The first-order valence-corrected chi connectivity index (χ1v) is 10.6. The lowest BCUT2D eigenvalue weighted by molar-refractivity contribution is 0.368. The average molecular weight is 420 g/mol. The van der Waals surface area contributed by atoms with E-state index in [0.717, 1.165) is 0 Å². The molecule has 0 saturated carbocycles. The molecule has 0 bridgehead atoms. The number of allylic oxidation sites excluding steroid dienone is 1. The van der Waals surface area contributed by atoms with E-state index in [1.54, 1.807) is 0 Å². The van der Waals surface area contributed by atoms with Gasteiger partial charge in [-0.1, -0.05) is 66.4 Å². The van der Waals surface area contributed by atoms with Gasteiger partial charge in [0.1, 0.15) is 5.41 Å². The molecule has 0 N–H and O–H groups in total. The van der Waals surface area contributed by atoms with Gasteiger partial charge < -0.3 is 17.3 Å². The lowest BCUT2D eigenvalue weighted by atomic mass is 10.1. The third-order valence-electron chi connectivity index (χ3n) is 3.92. The molecule has 1 heterocycles. The average Bonchev–Trinajstić information content (AvgIpc) is 2.67. The fourth-order valence-electron chi connectivity index (χ4n) is 2.74. The van der Waals surface area contributed by atoms with Crippen LogP contribution in [0.3, 0.4) is 0 Å². The van der Waals surface area contributed by atoms with E-state index in [9.17, 15) is 17.3 Å². The molecular weight excluding hydrogens is 403 g/mol. The van der Waals surface area contributed by atoms with Gasteiger partial charge in [0.05, 0.1) is 20.7 Å². The summed E-state index contributed by atoms with van der Waals surface area (Å²) in [6, 6.07) is 28.2. The highest BCUT2D eigenvalue weighted by Gasteiger charge is 2.34. The number of fused-ring (bicyclic) bond motifs is 2. The largest absolute Gasteiger partial charge is 0.673 e. The quantitative estimate of drug-likeness (QED) is 0.234. The summed E-state index contributed by atoms with van der Waals surface area (Å²) in [6.45, 7) is 2.22. The maximum Gasteiger partial charge on any atom is 0.673 e. The van der Waals surface area contributed by atoms with Gasteiger partial charge in [-0.3, -0.25) is 0 Å². The summed E-state index contributed by atoms with van der Waals surface area (Å²) in [6.07, 6.45) is 0. The van der Waals surface area contributed by atoms with Crippen molar-refractivity contribution in [2.24, 2.45) is 0 Å². The zero-order chi connectivity index (χ0) is 20.1. The van der Waals surface area contributed by atoms with Crippen molar-refractivity contribution in [2.45, 2.75) is 26.5 Å². The second-order valence-corrected chi connectivity index (χ2v) is 8.87. The van der Waals surface area contributed by atoms with Crippen LogP contribution in [0.15, 0.2) is 104 Å². The van der Waals surface area contributed by atoms with E-state index < -0.39 is 7.25 Å². The smallest absolute Gasteiger partial charge is 0.418 e. The van der Waals surface area contributed by atoms with Crippen LogP contribution < -0.4 is 0 Å². The molecule has 0 unspecified atom stereocenters. The van der Waals surface area contributed by atoms with E-state index in [4.69, 9.17) is 0 Å². The van der Waals surface area contributed by atoms with Crippen molar-refractivity contribution in [3.8, 4) is 0 Å². The first kappa shape index (κ1) is 20.6. The van der Waals surface area contributed by atoms with E-state index in [-0.39, 0.29) is 10.9 Å². The number of halogens is 4. The van der Waals surface area contributed by atoms with E-state index >= 15 is 0 Å². The van der Waals surface area contributed by atoms with Crippen LogP contribution >= 0.6 is 11.8 Å². The van der Waals surface area contributed by atoms with Gasteiger partial charge in [0.15, 0.2) is 9.79 Å². The van der Waals surface area contributed by atoms with Crippen molar-refractivity contribution in [3.05, 3.63) is 89.8 Å². The molecule has 0 radical (unpaired) electrons. The minimum absolute atomic E-state index is 0.00799. The van der Waals surface area contributed by atoms with E-state index in [1.807, 2.05) is 11.8 Å². The van der Waals surface area contributed by atoms with Crippen LogP contribution in [-0.2, 0) is 10.9 Å². The molecule has 7 heteroatoms. The molecule has 3 aromatic rings. The molecule has 0 saturated heterocycles. The number of benzene rings is 3. The lowest BCUT2D eigenvalue weighted by Gasteiger charge is -2.17. The Bertz CT molecular complexity index is 920. The van der Waals surface area contributed by atoms with Crippen molar-refractivity contribution in [2.75, 3.05) is 0 Å². The number of hydrogen-bond donors (Lipinski definition) is 0. The summed E-state index contributed by atoms with van der Waals surface area (Å²) in [5.74, 6) is 0. The molecule has 0 amide bonds. The van der Waals surface area contributed by atoms with Crippen LogP contribution in [0.25, 0.3) is 5.57 Å². The highest BCUT2D eigenvalue weighted by molar-refractivity contribution is 8.05. The lowest BCUT2D eigenvalue weighted by Crippen LogP contribution is -2.07. The monoisotopic (exact) mass is 420 g/mol. The Morgan fingerprint density at radius 1 is 0.750 bits per heavy atom. The molecule has 0 spiro atoms. The Morgan fingerprint density at radius 3 is 1.68 bits per heavy atom. The van der Waals surface area contributed by atoms with Gasteiger partial charge in [-0.05, 0) is 36.8 Å². The van der Waals surface area contributed by atoms with Crippen LogP contribution in [0.5, 0.6) is 0 Å². The topological polar surface area (TPSA) is 0 Å². The van der Waals surface area contributed by atoms with Crippen LogP contribution in [0.1, 0.15) is 12.5 Å². The second-order valence-electron chi connectivity index (χ2n) is 6.00. The zero-order valence-corrected chi connectivity index (χ0v) is 16.6. The fourth-order valence-corrected chi connectivity index (χ4v) is 6.40. The standard InChI is InChI=1S/C21H17S2.BF4/c1-16(17-9-3-2-4-10-17)15-23-20-13-7-5-11-18(20)22-19-12-6-8-14-21(19)23;2-1(3,4)5/h2-15H,1H3;/q+1;-1. The minimum Gasteiger partial charge on any atom is -0.418 e. The first-order valence-electron chi connectivity index (χ1n) is 8.53. The Morgan fingerprint density at radius 2 is 1.18 bits per heavy atom. The highest BCUT2D eigenvalue weighted by atomic mass is 32.2. The van der Waals surface area contributed by atoms with Gasteiger partial charge in [0.2, 0.25) is 0 Å². The van der Waals surface area contributed by atoms with Crippen LogP contribution in [0.4, 0.5) is 17.3 Å².